The monoisotopic (exact) mass is 371 g/mol. The summed E-state index contributed by atoms with van der Waals surface area (Å²) in [6.07, 6.45) is 1.99. The molecule has 0 bridgehead atoms. The molecule has 26 heavy (non-hydrogen) atoms. The minimum absolute atomic E-state index is 0.0328. The van der Waals surface area contributed by atoms with Gasteiger partial charge < -0.3 is 10.6 Å². The maximum Gasteiger partial charge on any atom is 0.271 e. The summed E-state index contributed by atoms with van der Waals surface area (Å²) < 4.78 is 0. The second-order valence-electron chi connectivity index (χ2n) is 6.34. The minimum Gasteiger partial charge on any atom is -0.356 e. The fourth-order valence-corrected chi connectivity index (χ4v) is 3.00. The van der Waals surface area contributed by atoms with Crippen LogP contribution in [0.1, 0.15) is 56.7 Å². The van der Waals surface area contributed by atoms with Crippen molar-refractivity contribution in [1.82, 2.24) is 5.32 Å². The topological polar surface area (TPSA) is 67.2 Å². The van der Waals surface area contributed by atoms with E-state index >= 15 is 0 Å². The van der Waals surface area contributed by atoms with E-state index in [0.29, 0.717) is 16.7 Å². The summed E-state index contributed by atoms with van der Waals surface area (Å²) in [4.78, 5) is 10.5. The summed E-state index contributed by atoms with van der Waals surface area (Å²) in [6, 6.07) is 15.0. The molecule has 0 aliphatic rings. The van der Waals surface area contributed by atoms with Gasteiger partial charge in [0.25, 0.3) is 5.69 Å². The molecule has 0 fully saturated rings. The van der Waals surface area contributed by atoms with Gasteiger partial charge in [0, 0.05) is 17.8 Å². The van der Waals surface area contributed by atoms with Gasteiger partial charge in [-0.15, -0.1) is 0 Å². The zero-order valence-electron chi connectivity index (χ0n) is 15.4. The number of hydrogen-bond acceptors (Lipinski definition) is 3. The van der Waals surface area contributed by atoms with Crippen LogP contribution in [0, 0.1) is 10.1 Å². The van der Waals surface area contributed by atoms with Crippen molar-refractivity contribution in [1.29, 1.82) is 0 Å². The van der Waals surface area contributed by atoms with Gasteiger partial charge in [0.05, 0.1) is 11.0 Å². The molecule has 0 radical (unpaired) electrons. The van der Waals surface area contributed by atoms with Crippen LogP contribution >= 0.6 is 12.2 Å². The second-order valence-corrected chi connectivity index (χ2v) is 6.75. The molecular formula is C20H25N3O2S. The van der Waals surface area contributed by atoms with E-state index in [1.165, 1.54) is 23.3 Å². The van der Waals surface area contributed by atoms with Crippen molar-refractivity contribution in [2.75, 3.05) is 5.32 Å². The Hall–Kier alpha value is -2.47. The molecule has 0 aliphatic carbocycles. The highest BCUT2D eigenvalue weighted by Gasteiger charge is 2.13. The first kappa shape index (κ1) is 19.8. The predicted molar refractivity (Wildman–Crippen MR) is 111 cm³/mol. The van der Waals surface area contributed by atoms with Crippen LogP contribution in [0.3, 0.4) is 0 Å². The number of rotatable bonds is 7. The Morgan fingerprint density at radius 2 is 1.77 bits per heavy atom. The molecule has 2 unspecified atom stereocenters. The van der Waals surface area contributed by atoms with Gasteiger partial charge >= 0.3 is 0 Å². The SMILES string of the molecule is CCC(C)c1ccc(C(CC)NC(=S)Nc2cccc([N+](=O)[O-])c2)cc1. The Morgan fingerprint density at radius 3 is 2.35 bits per heavy atom. The van der Waals surface area contributed by atoms with E-state index in [0.717, 1.165) is 12.8 Å². The Balaban J connectivity index is 2.04. The predicted octanol–water partition coefficient (Wildman–Crippen LogP) is 5.55. The van der Waals surface area contributed by atoms with E-state index in [9.17, 15) is 10.1 Å². The van der Waals surface area contributed by atoms with Crippen molar-refractivity contribution in [2.24, 2.45) is 0 Å². The first-order valence-electron chi connectivity index (χ1n) is 8.86. The van der Waals surface area contributed by atoms with Crippen molar-refractivity contribution < 1.29 is 4.92 Å². The molecule has 2 N–H and O–H groups in total. The molecular weight excluding hydrogens is 346 g/mol. The van der Waals surface area contributed by atoms with Crippen molar-refractivity contribution in [3.8, 4) is 0 Å². The number of hydrogen-bond donors (Lipinski definition) is 2. The number of non-ortho nitro benzene ring substituents is 1. The van der Waals surface area contributed by atoms with Gasteiger partial charge in [-0.3, -0.25) is 10.1 Å². The summed E-state index contributed by atoms with van der Waals surface area (Å²) >= 11 is 5.38. The molecule has 5 nitrogen and oxygen atoms in total. The minimum atomic E-state index is -0.421. The summed E-state index contributed by atoms with van der Waals surface area (Å²) in [6.45, 7) is 6.51. The molecule has 138 valence electrons. The number of nitrogens with zero attached hydrogens (tertiary/aromatic N) is 1. The molecule has 2 aromatic rings. The smallest absolute Gasteiger partial charge is 0.271 e. The first-order chi connectivity index (χ1) is 12.4. The van der Waals surface area contributed by atoms with Gasteiger partial charge in [0.1, 0.15) is 0 Å². The van der Waals surface area contributed by atoms with Crippen LogP contribution < -0.4 is 10.6 Å². The van der Waals surface area contributed by atoms with E-state index in [-0.39, 0.29) is 11.7 Å². The zero-order chi connectivity index (χ0) is 19.1. The molecule has 2 atom stereocenters. The maximum absolute atomic E-state index is 10.9. The molecule has 2 rings (SSSR count). The van der Waals surface area contributed by atoms with Gasteiger partial charge in [-0.05, 0) is 48.2 Å². The van der Waals surface area contributed by atoms with Gasteiger partial charge in [-0.1, -0.05) is 51.1 Å². The Kier molecular flexibility index (Phi) is 7.09. The summed E-state index contributed by atoms with van der Waals surface area (Å²) in [7, 11) is 0. The van der Waals surface area contributed by atoms with Crippen LogP contribution in [-0.2, 0) is 0 Å². The lowest BCUT2D eigenvalue weighted by Gasteiger charge is -2.21. The number of nitro benzene ring substituents is 1. The maximum atomic E-state index is 10.9. The average Bonchev–Trinajstić information content (AvgIpc) is 2.65. The molecule has 6 heteroatoms. The fraction of sp³-hybridized carbons (Fsp3) is 0.350. The van der Waals surface area contributed by atoms with Crippen LogP contribution in [-0.4, -0.2) is 10.0 Å². The highest BCUT2D eigenvalue weighted by molar-refractivity contribution is 7.80. The van der Waals surface area contributed by atoms with Gasteiger partial charge in [-0.25, -0.2) is 0 Å². The van der Waals surface area contributed by atoms with Gasteiger partial charge in [0.2, 0.25) is 0 Å². The van der Waals surface area contributed by atoms with E-state index in [1.807, 2.05) is 0 Å². The summed E-state index contributed by atoms with van der Waals surface area (Å²) in [5.74, 6) is 0.550. The highest BCUT2D eigenvalue weighted by atomic mass is 32.1. The lowest BCUT2D eigenvalue weighted by molar-refractivity contribution is -0.384. The number of nitrogens with one attached hydrogen (secondary N) is 2. The van der Waals surface area contributed by atoms with Crippen LogP contribution in [0.4, 0.5) is 11.4 Å². The van der Waals surface area contributed by atoms with Crippen molar-refractivity contribution in [2.45, 2.75) is 45.6 Å². The van der Waals surface area contributed by atoms with Crippen LogP contribution in [0.5, 0.6) is 0 Å². The van der Waals surface area contributed by atoms with Crippen molar-refractivity contribution in [3.05, 3.63) is 69.8 Å². The third kappa shape index (κ3) is 5.26. The molecule has 2 aromatic carbocycles. The number of benzene rings is 2. The van der Waals surface area contributed by atoms with Crippen LogP contribution in [0.25, 0.3) is 0 Å². The largest absolute Gasteiger partial charge is 0.356 e. The quantitative estimate of drug-likeness (QED) is 0.380. The molecule has 0 saturated heterocycles. The van der Waals surface area contributed by atoms with E-state index in [4.69, 9.17) is 12.2 Å². The Bertz CT molecular complexity index is 762. The lowest BCUT2D eigenvalue weighted by atomic mass is 9.95. The van der Waals surface area contributed by atoms with Crippen LogP contribution in [0.15, 0.2) is 48.5 Å². The molecule has 0 spiro atoms. The second kappa shape index (κ2) is 9.29. The van der Waals surface area contributed by atoms with Crippen molar-refractivity contribution >= 4 is 28.7 Å². The Morgan fingerprint density at radius 1 is 1.12 bits per heavy atom. The Labute approximate surface area is 160 Å². The van der Waals surface area contributed by atoms with Gasteiger partial charge in [0.15, 0.2) is 5.11 Å². The molecule has 0 saturated carbocycles. The third-order valence-corrected chi connectivity index (χ3v) is 4.77. The molecule has 0 heterocycles. The van der Waals surface area contributed by atoms with E-state index in [2.05, 4.69) is 55.7 Å². The van der Waals surface area contributed by atoms with E-state index < -0.39 is 4.92 Å². The first-order valence-corrected chi connectivity index (χ1v) is 9.27. The number of nitro groups is 1. The third-order valence-electron chi connectivity index (χ3n) is 4.55. The summed E-state index contributed by atoms with van der Waals surface area (Å²) in [5, 5.41) is 17.6. The van der Waals surface area contributed by atoms with E-state index in [1.54, 1.807) is 12.1 Å². The average molecular weight is 372 g/mol. The van der Waals surface area contributed by atoms with Crippen molar-refractivity contribution in [3.63, 3.8) is 0 Å². The van der Waals surface area contributed by atoms with Gasteiger partial charge in [-0.2, -0.15) is 0 Å². The normalized spacial score (nSPS) is 12.9. The number of thiocarbonyl (C=S) groups is 1. The standard InChI is InChI=1S/C20H25N3O2S/c1-4-14(3)15-9-11-16(12-10-15)19(5-2)22-20(26)21-17-7-6-8-18(13-17)23(24)25/h6-14,19H,4-5H2,1-3H3,(H2,21,22,26). The molecule has 0 aromatic heterocycles. The zero-order valence-corrected chi connectivity index (χ0v) is 16.2. The highest BCUT2D eigenvalue weighted by Crippen LogP contribution is 2.23. The number of anilines is 1. The van der Waals surface area contributed by atoms with Crippen LogP contribution in [0.2, 0.25) is 0 Å². The lowest BCUT2D eigenvalue weighted by Crippen LogP contribution is -2.32. The summed E-state index contributed by atoms with van der Waals surface area (Å²) in [5.41, 5.74) is 3.13. The molecule has 0 aliphatic heterocycles. The fourth-order valence-electron chi connectivity index (χ4n) is 2.74. The molecule has 0 amide bonds.